The van der Waals surface area contributed by atoms with Crippen LogP contribution in [0.5, 0.6) is 0 Å². The summed E-state index contributed by atoms with van der Waals surface area (Å²) in [6.07, 6.45) is 1.64. The van der Waals surface area contributed by atoms with E-state index in [1.165, 1.54) is 30.0 Å². The van der Waals surface area contributed by atoms with Crippen molar-refractivity contribution in [1.82, 2.24) is 14.8 Å². The maximum atomic E-state index is 14.1. The molecule has 1 aromatic heterocycles. The van der Waals surface area contributed by atoms with Gasteiger partial charge in [-0.3, -0.25) is 4.57 Å². The lowest BCUT2D eigenvalue weighted by Gasteiger charge is -2.09. The number of nitrogens with zero attached hydrogens (tertiary/aromatic N) is 3. The minimum Gasteiger partial charge on any atom is -0.298 e. The molecule has 0 aliphatic carbocycles. The second-order valence-electron chi connectivity index (χ2n) is 5.92. The highest BCUT2D eigenvalue weighted by molar-refractivity contribution is 7.98. The zero-order chi connectivity index (χ0) is 21.0. The van der Waals surface area contributed by atoms with Gasteiger partial charge in [-0.25, -0.2) is 12.8 Å². The molecule has 0 saturated carbocycles. The Morgan fingerprint density at radius 2 is 1.79 bits per heavy atom. The first-order valence-corrected chi connectivity index (χ1v) is 10.9. The van der Waals surface area contributed by atoms with Crippen LogP contribution in [0.2, 0.25) is 0 Å². The van der Waals surface area contributed by atoms with Gasteiger partial charge in [0, 0.05) is 12.3 Å². The summed E-state index contributed by atoms with van der Waals surface area (Å²) >= 11 is 1.30. The summed E-state index contributed by atoms with van der Waals surface area (Å²) in [4.78, 5) is -0.432. The third-order valence-corrected chi connectivity index (χ3v) is 6.43. The lowest BCUT2D eigenvalue weighted by molar-refractivity contribution is 0.234. The molecule has 29 heavy (non-hydrogen) atoms. The Kier molecular flexibility index (Phi) is 6.43. The van der Waals surface area contributed by atoms with E-state index in [1.807, 2.05) is 0 Å². The normalized spacial score (nSPS) is 11.7. The van der Waals surface area contributed by atoms with Gasteiger partial charge in [0.25, 0.3) is 0 Å². The van der Waals surface area contributed by atoms with E-state index in [2.05, 4.69) is 16.8 Å². The Labute approximate surface area is 170 Å². The number of rotatable bonds is 8. The third-order valence-electron chi connectivity index (χ3n) is 4.00. The first-order valence-electron chi connectivity index (χ1n) is 8.37. The zero-order valence-corrected chi connectivity index (χ0v) is 16.6. The van der Waals surface area contributed by atoms with E-state index in [4.69, 9.17) is 0 Å². The molecule has 0 radical (unpaired) electrons. The molecule has 5 nitrogen and oxygen atoms in total. The van der Waals surface area contributed by atoms with Crippen molar-refractivity contribution in [1.29, 1.82) is 0 Å². The van der Waals surface area contributed by atoms with Gasteiger partial charge < -0.3 is 0 Å². The van der Waals surface area contributed by atoms with Gasteiger partial charge in [0.05, 0.1) is 10.5 Å². The molecule has 0 saturated heterocycles. The molecule has 0 spiro atoms. The third kappa shape index (κ3) is 4.54. The minimum absolute atomic E-state index is 0.315. The largest absolute Gasteiger partial charge is 0.341 e. The molecular formula is C19H16F3N3O2S2. The van der Waals surface area contributed by atoms with Crippen LogP contribution in [0.4, 0.5) is 13.2 Å². The Bertz CT molecular complexity index is 1110. The summed E-state index contributed by atoms with van der Waals surface area (Å²) in [6, 6.07) is 11.5. The van der Waals surface area contributed by atoms with E-state index in [0.29, 0.717) is 34.4 Å². The Morgan fingerprint density at radius 3 is 2.41 bits per heavy atom. The monoisotopic (exact) mass is 439 g/mol. The van der Waals surface area contributed by atoms with Crippen LogP contribution in [-0.4, -0.2) is 28.9 Å². The number of allylic oxidation sites excluding steroid dienone is 1. The highest BCUT2D eigenvalue weighted by Gasteiger charge is 2.26. The fraction of sp³-hybridized carbons (Fsp3) is 0.158. The molecule has 1 heterocycles. The summed E-state index contributed by atoms with van der Waals surface area (Å²) in [5.74, 6) is -3.12. The van der Waals surface area contributed by atoms with Gasteiger partial charge >= 0.3 is 5.76 Å². The second kappa shape index (κ2) is 8.83. The van der Waals surface area contributed by atoms with Gasteiger partial charge in [0.15, 0.2) is 11.0 Å². The molecule has 2 aromatic carbocycles. The molecule has 0 unspecified atom stereocenters. The predicted octanol–water partition coefficient (Wildman–Crippen LogP) is 4.56. The summed E-state index contributed by atoms with van der Waals surface area (Å²) in [7, 11) is -4.62. The molecule has 0 bridgehead atoms. The number of benzene rings is 2. The topological polar surface area (TPSA) is 64.8 Å². The molecule has 3 rings (SSSR count). The summed E-state index contributed by atoms with van der Waals surface area (Å²) in [5.41, 5.74) is 1.03. The fourth-order valence-electron chi connectivity index (χ4n) is 2.56. The Hall–Kier alpha value is -2.59. The Morgan fingerprint density at radius 1 is 1.10 bits per heavy atom. The van der Waals surface area contributed by atoms with Gasteiger partial charge in [-0.2, -0.15) is 8.78 Å². The van der Waals surface area contributed by atoms with E-state index >= 15 is 0 Å². The van der Waals surface area contributed by atoms with Crippen LogP contribution in [0, 0.1) is 5.82 Å². The highest BCUT2D eigenvalue weighted by atomic mass is 32.2. The highest BCUT2D eigenvalue weighted by Crippen LogP contribution is 2.28. The van der Waals surface area contributed by atoms with Crippen LogP contribution < -0.4 is 0 Å². The first-order chi connectivity index (χ1) is 13.8. The van der Waals surface area contributed by atoms with E-state index in [-0.39, 0.29) is 0 Å². The van der Waals surface area contributed by atoms with Crippen molar-refractivity contribution in [3.63, 3.8) is 0 Å². The molecule has 0 fully saturated rings. The van der Waals surface area contributed by atoms with Crippen LogP contribution in [-0.2, 0) is 22.1 Å². The van der Waals surface area contributed by atoms with Crippen molar-refractivity contribution in [2.24, 2.45) is 0 Å². The lowest BCUT2D eigenvalue weighted by Crippen LogP contribution is -2.11. The maximum absolute atomic E-state index is 14.1. The van der Waals surface area contributed by atoms with E-state index in [9.17, 15) is 21.6 Å². The van der Waals surface area contributed by atoms with Gasteiger partial charge in [-0.05, 0) is 29.8 Å². The smallest absolute Gasteiger partial charge is 0.298 e. The summed E-state index contributed by atoms with van der Waals surface area (Å²) in [5, 5.41) is 8.72. The van der Waals surface area contributed by atoms with E-state index in [1.54, 1.807) is 28.8 Å². The molecule has 3 aromatic rings. The van der Waals surface area contributed by atoms with Crippen LogP contribution in [0.1, 0.15) is 5.56 Å². The van der Waals surface area contributed by atoms with Gasteiger partial charge in [-0.1, -0.05) is 42.1 Å². The molecule has 0 aliphatic heterocycles. The SMILES string of the molecule is C=CCn1c(SCc2ccc(S(=O)(=O)C(F)F)cc2)nnc1-c1ccccc1F. The molecule has 0 atom stereocenters. The van der Waals surface area contributed by atoms with Crippen LogP contribution >= 0.6 is 11.8 Å². The summed E-state index contributed by atoms with van der Waals surface area (Å²) < 4.78 is 64.0. The molecule has 10 heteroatoms. The van der Waals surface area contributed by atoms with Crippen molar-refractivity contribution in [2.45, 2.75) is 28.1 Å². The summed E-state index contributed by atoms with van der Waals surface area (Å²) in [6.45, 7) is 4.07. The number of sulfone groups is 1. The number of thioether (sulfide) groups is 1. The number of hydrogen-bond acceptors (Lipinski definition) is 5. The maximum Gasteiger partial charge on any atom is 0.341 e. The first kappa shape index (κ1) is 21.1. The Balaban J connectivity index is 1.81. The van der Waals surface area contributed by atoms with Gasteiger partial charge in [-0.15, -0.1) is 16.8 Å². The quantitative estimate of drug-likeness (QED) is 0.380. The van der Waals surface area contributed by atoms with Crippen LogP contribution in [0.3, 0.4) is 0 Å². The average molecular weight is 439 g/mol. The van der Waals surface area contributed by atoms with Gasteiger partial charge in [0.2, 0.25) is 9.84 Å². The van der Waals surface area contributed by atoms with Crippen molar-refractivity contribution in [3.8, 4) is 11.4 Å². The van der Waals surface area contributed by atoms with Crippen LogP contribution in [0.25, 0.3) is 11.4 Å². The van der Waals surface area contributed by atoms with Crippen molar-refractivity contribution in [2.75, 3.05) is 0 Å². The van der Waals surface area contributed by atoms with Gasteiger partial charge in [0.1, 0.15) is 5.82 Å². The second-order valence-corrected chi connectivity index (χ2v) is 8.78. The average Bonchev–Trinajstić information content (AvgIpc) is 3.09. The molecular weight excluding hydrogens is 423 g/mol. The number of hydrogen-bond donors (Lipinski definition) is 0. The number of aromatic nitrogens is 3. The lowest BCUT2D eigenvalue weighted by atomic mass is 10.2. The fourth-order valence-corrected chi connectivity index (χ4v) is 4.18. The van der Waals surface area contributed by atoms with Crippen molar-refractivity contribution in [3.05, 3.63) is 72.6 Å². The standard InChI is InChI=1S/C19H16F3N3O2S2/c1-2-11-25-17(15-5-3-4-6-16(15)20)23-24-19(25)28-12-13-7-9-14(10-8-13)29(26,27)18(21)22/h2-10,18H,1,11-12H2. The molecule has 152 valence electrons. The minimum atomic E-state index is -4.62. The van der Waals surface area contributed by atoms with Crippen molar-refractivity contribution < 1.29 is 21.6 Å². The molecule has 0 amide bonds. The van der Waals surface area contributed by atoms with E-state index in [0.717, 1.165) is 12.1 Å². The van der Waals surface area contributed by atoms with Crippen molar-refractivity contribution >= 4 is 21.6 Å². The molecule has 0 aliphatic rings. The van der Waals surface area contributed by atoms with E-state index < -0.39 is 26.3 Å². The van der Waals surface area contributed by atoms with Crippen LogP contribution in [0.15, 0.2) is 71.2 Å². The molecule has 0 N–H and O–H groups in total. The predicted molar refractivity (Wildman–Crippen MR) is 105 cm³/mol. The zero-order valence-electron chi connectivity index (χ0n) is 15.0. The number of halogens is 3. The number of alkyl halides is 2.